The fourth-order valence-electron chi connectivity index (χ4n) is 8.28. The number of aromatic nitrogens is 4. The van der Waals surface area contributed by atoms with Crippen LogP contribution in [0.5, 0.6) is 0 Å². The summed E-state index contributed by atoms with van der Waals surface area (Å²) in [7, 11) is 0. The van der Waals surface area contributed by atoms with Gasteiger partial charge in [-0.05, 0) is 117 Å². The number of nitrogens with one attached hydrogen (secondary N) is 4. The van der Waals surface area contributed by atoms with Gasteiger partial charge in [0.15, 0.2) is 0 Å². The van der Waals surface area contributed by atoms with Gasteiger partial charge in [-0.2, -0.15) is 21.0 Å². The van der Waals surface area contributed by atoms with Crippen molar-refractivity contribution in [1.29, 1.82) is 21.0 Å². The summed E-state index contributed by atoms with van der Waals surface area (Å²) in [5.41, 5.74) is 14.7. The van der Waals surface area contributed by atoms with E-state index in [4.69, 9.17) is 0 Å². The zero-order valence-electron chi connectivity index (χ0n) is 32.5. The number of benzene rings is 4. The Morgan fingerprint density at radius 3 is 0.783 bits per heavy atom. The van der Waals surface area contributed by atoms with Crippen molar-refractivity contribution >= 4 is 22.3 Å². The zero-order chi connectivity index (χ0) is 41.0. The van der Waals surface area contributed by atoms with Crippen LogP contribution in [0.15, 0.2) is 146 Å². The number of hydrogen-bond acceptors (Lipinski definition) is 4. The zero-order valence-corrected chi connectivity index (χ0v) is 32.5. The summed E-state index contributed by atoms with van der Waals surface area (Å²) in [4.78, 5) is 15.2. The maximum absolute atomic E-state index is 9.62. The number of H-pyrrole nitrogens is 4. The first-order chi connectivity index (χ1) is 29.5. The van der Waals surface area contributed by atoms with Crippen molar-refractivity contribution in [2.45, 2.75) is 25.7 Å². The number of fused-ring (bicyclic) bond motifs is 8. The van der Waals surface area contributed by atoms with Crippen LogP contribution in [-0.4, -0.2) is 19.9 Å². The molecule has 4 N–H and O–H groups in total. The minimum atomic E-state index is 0.285. The maximum Gasteiger partial charge on any atom is 0.0669 e. The van der Waals surface area contributed by atoms with Crippen LogP contribution < -0.4 is 21.4 Å². The molecule has 0 amide bonds. The predicted molar refractivity (Wildman–Crippen MR) is 231 cm³/mol. The molecular weight excluding hydrogens is 737 g/mol. The predicted octanol–water partition coefficient (Wildman–Crippen LogP) is 6.57. The highest BCUT2D eigenvalue weighted by Gasteiger charge is 2.19. The van der Waals surface area contributed by atoms with Crippen molar-refractivity contribution in [2.24, 2.45) is 0 Å². The maximum atomic E-state index is 9.62. The third-order valence-electron chi connectivity index (χ3n) is 10.9. The van der Waals surface area contributed by atoms with E-state index < -0.39 is 0 Å². The Hall–Kier alpha value is -8.56. The fraction of sp³-hybridized carbons (Fsp3) is 0.0769. The molecule has 0 aliphatic carbocycles. The first-order valence-corrected chi connectivity index (χ1v) is 19.7. The highest BCUT2D eigenvalue weighted by atomic mass is 14.8. The molecule has 284 valence electrons. The van der Waals surface area contributed by atoms with Crippen molar-refractivity contribution in [1.82, 2.24) is 19.9 Å². The molecule has 1 aliphatic heterocycles. The summed E-state index contributed by atoms with van der Waals surface area (Å²) in [5, 5.41) is 42.0. The number of nitriles is 4. The van der Waals surface area contributed by atoms with Crippen LogP contribution in [0.3, 0.4) is 0 Å². The second-order valence-corrected chi connectivity index (χ2v) is 14.8. The third kappa shape index (κ3) is 7.14. The molecule has 5 heterocycles. The van der Waals surface area contributed by atoms with E-state index in [-0.39, 0.29) is 25.7 Å². The van der Waals surface area contributed by atoms with Gasteiger partial charge in [0, 0.05) is 66.5 Å². The molecule has 0 unspecified atom stereocenters. The second-order valence-electron chi connectivity index (χ2n) is 14.8. The monoisotopic (exact) mass is 772 g/mol. The van der Waals surface area contributed by atoms with Crippen LogP contribution in [0.1, 0.15) is 67.3 Å². The Labute approximate surface area is 346 Å². The van der Waals surface area contributed by atoms with Gasteiger partial charge in [0.2, 0.25) is 0 Å². The van der Waals surface area contributed by atoms with Gasteiger partial charge in [-0.3, -0.25) is 0 Å². The van der Waals surface area contributed by atoms with Gasteiger partial charge in [0.25, 0.3) is 0 Å². The molecule has 9 rings (SSSR count). The lowest BCUT2D eigenvalue weighted by Gasteiger charge is -2.11. The normalized spacial score (nSPS) is 12.1. The summed E-state index contributed by atoms with van der Waals surface area (Å²) in [6, 6.07) is 58.3. The summed E-state index contributed by atoms with van der Waals surface area (Å²) in [6.45, 7) is 0. The highest BCUT2D eigenvalue weighted by molar-refractivity contribution is 5.85. The van der Waals surface area contributed by atoms with Crippen LogP contribution in [0.4, 0.5) is 0 Å². The van der Waals surface area contributed by atoms with Crippen LogP contribution in [-0.2, 0) is 25.7 Å². The number of hydrogen-bond donors (Lipinski definition) is 4. The average Bonchev–Trinajstić information content (AvgIpc) is 4.10. The van der Waals surface area contributed by atoms with Gasteiger partial charge in [-0.1, -0.05) is 72.8 Å². The second kappa shape index (κ2) is 16.1. The van der Waals surface area contributed by atoms with E-state index in [0.29, 0.717) is 0 Å². The van der Waals surface area contributed by atoms with E-state index in [9.17, 15) is 21.0 Å². The van der Waals surface area contributed by atoms with Gasteiger partial charge in [-0.25, -0.2) is 0 Å². The quantitative estimate of drug-likeness (QED) is 0.138. The Morgan fingerprint density at radius 2 is 0.550 bits per heavy atom. The SMILES string of the molecule is N#CCc1cccc(C2=c3ccc([nH]3)=C(c3cccc(CC#N)c3)c3ccc([nH]3)C(c3cccc(CC#N)c3)=c3ccc([nH]3)=C(c3cccc(CC#N)c3)c3ccc2[nH]3)c1. The Bertz CT molecular complexity index is 2950. The minimum Gasteiger partial charge on any atom is -0.354 e. The van der Waals surface area contributed by atoms with E-state index in [1.54, 1.807) is 0 Å². The van der Waals surface area contributed by atoms with E-state index in [1.807, 2.05) is 48.5 Å². The Morgan fingerprint density at radius 1 is 0.300 bits per heavy atom. The van der Waals surface area contributed by atoms with Crippen LogP contribution in [0, 0.1) is 45.3 Å². The standard InChI is InChI=1S/C52H36N8/c53-25-21-33-5-1-9-37(29-33)49-41-13-15-43(57-41)50(38-10-2-6-34(30-38)22-26-54)45-17-19-47(59-45)52(40-12-4-8-36(32-40)24-28-56)48-20-18-46(60-48)51(44-16-14-42(49)58-44)39-11-3-7-35(31-39)23-27-55/h1-20,29-32,57-60H,21-24H2. The molecule has 8 heteroatoms. The van der Waals surface area contributed by atoms with Crippen LogP contribution in [0.2, 0.25) is 0 Å². The number of rotatable bonds is 8. The lowest BCUT2D eigenvalue weighted by molar-refractivity contribution is 1.18. The first-order valence-electron chi connectivity index (χ1n) is 19.7. The molecule has 8 bridgehead atoms. The summed E-state index contributed by atoms with van der Waals surface area (Å²) >= 11 is 0. The molecule has 0 atom stereocenters. The van der Waals surface area contributed by atoms with Gasteiger partial charge >= 0.3 is 0 Å². The van der Waals surface area contributed by atoms with Crippen molar-refractivity contribution in [3.05, 3.63) is 234 Å². The molecule has 4 aromatic carbocycles. The molecule has 8 aromatic rings. The summed E-state index contributed by atoms with van der Waals surface area (Å²) in [6.07, 6.45) is 1.14. The average molecular weight is 773 g/mol. The lowest BCUT2D eigenvalue weighted by Crippen LogP contribution is -2.19. The van der Waals surface area contributed by atoms with Gasteiger partial charge in [-0.15, -0.1) is 0 Å². The molecule has 4 aromatic heterocycles. The molecular formula is C52H36N8. The lowest BCUT2D eigenvalue weighted by atomic mass is 9.99. The first kappa shape index (κ1) is 37.0. The Balaban J connectivity index is 1.42. The van der Waals surface area contributed by atoms with Crippen LogP contribution >= 0.6 is 0 Å². The van der Waals surface area contributed by atoms with Crippen molar-refractivity contribution in [3.63, 3.8) is 0 Å². The molecule has 0 saturated heterocycles. The van der Waals surface area contributed by atoms with Crippen molar-refractivity contribution in [2.75, 3.05) is 0 Å². The summed E-state index contributed by atoms with van der Waals surface area (Å²) in [5.74, 6) is 0. The fourth-order valence-corrected chi connectivity index (χ4v) is 8.28. The van der Waals surface area contributed by atoms with Crippen LogP contribution in [0.25, 0.3) is 22.3 Å². The highest BCUT2D eigenvalue weighted by Crippen LogP contribution is 2.29. The molecule has 0 radical (unpaired) electrons. The van der Waals surface area contributed by atoms with E-state index in [2.05, 4.69) is 141 Å². The number of aromatic amines is 4. The van der Waals surface area contributed by atoms with Gasteiger partial charge in [0.05, 0.1) is 50.0 Å². The molecule has 8 nitrogen and oxygen atoms in total. The third-order valence-corrected chi connectivity index (χ3v) is 10.9. The van der Waals surface area contributed by atoms with E-state index in [1.165, 1.54) is 0 Å². The van der Waals surface area contributed by atoms with Crippen molar-refractivity contribution < 1.29 is 0 Å². The van der Waals surface area contributed by atoms with Crippen molar-refractivity contribution in [3.8, 4) is 24.3 Å². The smallest absolute Gasteiger partial charge is 0.0669 e. The largest absolute Gasteiger partial charge is 0.354 e. The molecule has 0 fully saturated rings. The van der Waals surface area contributed by atoms with E-state index >= 15 is 0 Å². The number of nitrogens with zero attached hydrogens (tertiary/aromatic N) is 4. The molecule has 1 aliphatic rings. The topological polar surface area (TPSA) is 158 Å². The van der Waals surface area contributed by atoms with E-state index in [0.717, 1.165) is 111 Å². The Kier molecular flexibility index (Phi) is 9.96. The molecule has 0 spiro atoms. The molecule has 60 heavy (non-hydrogen) atoms. The minimum absolute atomic E-state index is 0.285. The summed E-state index contributed by atoms with van der Waals surface area (Å²) < 4.78 is 0. The van der Waals surface area contributed by atoms with Gasteiger partial charge < -0.3 is 19.9 Å². The van der Waals surface area contributed by atoms with Gasteiger partial charge in [0.1, 0.15) is 0 Å². The molecule has 0 saturated carbocycles.